The fraction of sp³-hybridized carbons (Fsp3) is 0.357. The molecule has 1 heterocycles. The SMILES string of the molecule is CN(C)C(=O)CC1C(N)=NC(=O)N1Cc1ccccc1. The number of nitrogens with zero attached hydrogens (tertiary/aromatic N) is 3. The largest absolute Gasteiger partial charge is 0.385 e. The van der Waals surface area contributed by atoms with E-state index in [2.05, 4.69) is 4.99 Å². The topological polar surface area (TPSA) is 79.0 Å². The maximum atomic E-state index is 11.9. The van der Waals surface area contributed by atoms with E-state index in [4.69, 9.17) is 5.73 Å². The number of hydrogen-bond acceptors (Lipinski definition) is 3. The Kier molecular flexibility index (Phi) is 4.02. The van der Waals surface area contributed by atoms with Crippen molar-refractivity contribution in [2.24, 2.45) is 10.7 Å². The molecule has 0 fully saturated rings. The molecule has 0 aliphatic carbocycles. The number of amides is 3. The highest BCUT2D eigenvalue weighted by molar-refractivity contribution is 6.04. The van der Waals surface area contributed by atoms with Gasteiger partial charge in [0, 0.05) is 20.6 Å². The predicted molar refractivity (Wildman–Crippen MR) is 76.1 cm³/mol. The Morgan fingerprint density at radius 1 is 1.35 bits per heavy atom. The van der Waals surface area contributed by atoms with Crippen molar-refractivity contribution in [3.63, 3.8) is 0 Å². The Hall–Kier alpha value is -2.37. The van der Waals surface area contributed by atoms with Crippen molar-refractivity contribution in [1.82, 2.24) is 9.80 Å². The fourth-order valence-electron chi connectivity index (χ4n) is 2.06. The first-order valence-corrected chi connectivity index (χ1v) is 6.37. The van der Waals surface area contributed by atoms with Crippen LogP contribution in [0.1, 0.15) is 12.0 Å². The number of carbonyl (C=O) groups is 2. The maximum absolute atomic E-state index is 11.9. The minimum atomic E-state index is -0.461. The monoisotopic (exact) mass is 274 g/mol. The first-order chi connectivity index (χ1) is 9.49. The zero-order valence-electron chi connectivity index (χ0n) is 11.6. The zero-order valence-corrected chi connectivity index (χ0v) is 11.6. The Labute approximate surface area is 117 Å². The van der Waals surface area contributed by atoms with Gasteiger partial charge in [-0.15, -0.1) is 0 Å². The molecule has 1 unspecified atom stereocenters. The Morgan fingerprint density at radius 3 is 2.60 bits per heavy atom. The van der Waals surface area contributed by atoms with Crippen LogP contribution in [0.5, 0.6) is 0 Å². The highest BCUT2D eigenvalue weighted by Crippen LogP contribution is 2.18. The third-order valence-corrected chi connectivity index (χ3v) is 3.25. The summed E-state index contributed by atoms with van der Waals surface area (Å²) in [6, 6.07) is 8.72. The summed E-state index contributed by atoms with van der Waals surface area (Å²) in [6.07, 6.45) is 0.154. The molecule has 6 nitrogen and oxygen atoms in total. The minimum absolute atomic E-state index is 0.0825. The smallest absolute Gasteiger partial charge is 0.346 e. The molecule has 0 aromatic heterocycles. The summed E-state index contributed by atoms with van der Waals surface area (Å²) in [6.45, 7) is 0.398. The van der Waals surface area contributed by atoms with Crippen molar-refractivity contribution >= 4 is 17.8 Å². The first-order valence-electron chi connectivity index (χ1n) is 6.37. The normalized spacial score (nSPS) is 18.1. The number of carbonyl (C=O) groups excluding carboxylic acids is 2. The van der Waals surface area contributed by atoms with E-state index in [0.717, 1.165) is 5.56 Å². The lowest BCUT2D eigenvalue weighted by molar-refractivity contribution is -0.129. The molecule has 1 aliphatic heterocycles. The molecule has 20 heavy (non-hydrogen) atoms. The van der Waals surface area contributed by atoms with E-state index in [1.807, 2.05) is 30.3 Å². The molecule has 1 aromatic carbocycles. The van der Waals surface area contributed by atoms with Gasteiger partial charge in [0.15, 0.2) is 0 Å². The summed E-state index contributed by atoms with van der Waals surface area (Å²) in [5.74, 6) is 0.127. The number of aliphatic imine (C=N–C) groups is 1. The second kappa shape index (κ2) is 5.73. The molecule has 1 atom stereocenters. The lowest BCUT2D eigenvalue weighted by Gasteiger charge is -2.25. The van der Waals surface area contributed by atoms with E-state index < -0.39 is 6.04 Å². The molecule has 1 aromatic rings. The van der Waals surface area contributed by atoms with Crippen molar-refractivity contribution in [2.45, 2.75) is 19.0 Å². The van der Waals surface area contributed by atoms with Crippen molar-refractivity contribution in [3.8, 4) is 0 Å². The van der Waals surface area contributed by atoms with Gasteiger partial charge in [-0.05, 0) is 5.56 Å². The second-order valence-corrected chi connectivity index (χ2v) is 4.94. The van der Waals surface area contributed by atoms with E-state index >= 15 is 0 Å². The van der Waals surface area contributed by atoms with Crippen molar-refractivity contribution in [1.29, 1.82) is 0 Å². The van der Waals surface area contributed by atoms with Crippen LogP contribution in [0.2, 0.25) is 0 Å². The van der Waals surface area contributed by atoms with Crippen LogP contribution >= 0.6 is 0 Å². The third-order valence-electron chi connectivity index (χ3n) is 3.25. The van der Waals surface area contributed by atoms with E-state index in [-0.39, 0.29) is 24.2 Å². The first kappa shape index (κ1) is 14.0. The second-order valence-electron chi connectivity index (χ2n) is 4.94. The van der Waals surface area contributed by atoms with Crippen molar-refractivity contribution < 1.29 is 9.59 Å². The Bertz CT molecular complexity index is 539. The molecule has 6 heteroatoms. The van der Waals surface area contributed by atoms with E-state index in [1.165, 1.54) is 9.80 Å². The van der Waals surface area contributed by atoms with Crippen LogP contribution in [-0.4, -0.2) is 47.7 Å². The Balaban J connectivity index is 2.13. The molecular formula is C14H18N4O2. The predicted octanol–water partition coefficient (Wildman–Crippen LogP) is 0.826. The number of hydrogen-bond donors (Lipinski definition) is 1. The maximum Gasteiger partial charge on any atom is 0.346 e. The molecule has 0 saturated carbocycles. The molecule has 0 spiro atoms. The van der Waals surface area contributed by atoms with E-state index in [9.17, 15) is 9.59 Å². The fourth-order valence-corrected chi connectivity index (χ4v) is 2.06. The average molecular weight is 274 g/mol. The van der Waals surface area contributed by atoms with E-state index in [0.29, 0.717) is 6.54 Å². The molecule has 2 rings (SSSR count). The van der Waals surface area contributed by atoms with Crippen LogP contribution in [0.3, 0.4) is 0 Å². The summed E-state index contributed by atoms with van der Waals surface area (Å²) in [5.41, 5.74) is 6.76. The molecule has 106 valence electrons. The molecule has 1 aliphatic rings. The minimum Gasteiger partial charge on any atom is -0.385 e. The van der Waals surface area contributed by atoms with Gasteiger partial charge < -0.3 is 15.5 Å². The van der Waals surface area contributed by atoms with Gasteiger partial charge in [0.1, 0.15) is 11.9 Å². The Morgan fingerprint density at radius 2 is 2.00 bits per heavy atom. The average Bonchev–Trinajstić information content (AvgIpc) is 2.67. The van der Waals surface area contributed by atoms with Gasteiger partial charge in [0.05, 0.1) is 6.42 Å². The number of urea groups is 1. The standard InChI is InChI=1S/C14H18N4O2/c1-17(2)12(19)8-11-13(15)16-14(20)18(11)9-10-6-4-3-5-7-10/h3-7,11H,8-9H2,1-2H3,(H2,15,16,20). The van der Waals surface area contributed by atoms with Gasteiger partial charge >= 0.3 is 6.03 Å². The van der Waals surface area contributed by atoms with Crippen LogP contribution in [0, 0.1) is 0 Å². The molecule has 0 saturated heterocycles. The summed E-state index contributed by atoms with van der Waals surface area (Å²) in [4.78, 5) is 30.5. The van der Waals surface area contributed by atoms with E-state index in [1.54, 1.807) is 14.1 Å². The molecule has 3 amide bonds. The van der Waals surface area contributed by atoms with Crippen LogP contribution in [0.4, 0.5) is 4.79 Å². The number of nitrogens with two attached hydrogens (primary N) is 1. The lowest BCUT2D eigenvalue weighted by Crippen LogP contribution is -2.43. The van der Waals surface area contributed by atoms with Gasteiger partial charge in [0.25, 0.3) is 0 Å². The molecular weight excluding hydrogens is 256 g/mol. The highest BCUT2D eigenvalue weighted by atomic mass is 16.2. The summed E-state index contributed by atoms with van der Waals surface area (Å²) < 4.78 is 0. The summed E-state index contributed by atoms with van der Waals surface area (Å²) in [5, 5.41) is 0. The van der Waals surface area contributed by atoms with Gasteiger partial charge in [-0.25, -0.2) is 4.79 Å². The summed E-state index contributed by atoms with van der Waals surface area (Å²) >= 11 is 0. The number of rotatable bonds is 4. The van der Waals surface area contributed by atoms with Gasteiger partial charge in [-0.3, -0.25) is 4.79 Å². The van der Waals surface area contributed by atoms with Gasteiger partial charge in [-0.1, -0.05) is 30.3 Å². The highest BCUT2D eigenvalue weighted by Gasteiger charge is 2.35. The number of benzene rings is 1. The van der Waals surface area contributed by atoms with Gasteiger partial charge in [0.2, 0.25) is 5.91 Å². The van der Waals surface area contributed by atoms with Crippen LogP contribution < -0.4 is 5.73 Å². The molecule has 0 radical (unpaired) electrons. The van der Waals surface area contributed by atoms with Crippen LogP contribution in [0.15, 0.2) is 35.3 Å². The number of amidine groups is 1. The van der Waals surface area contributed by atoms with Crippen molar-refractivity contribution in [2.75, 3.05) is 14.1 Å². The van der Waals surface area contributed by atoms with Gasteiger partial charge in [-0.2, -0.15) is 4.99 Å². The molecule has 0 bridgehead atoms. The summed E-state index contributed by atoms with van der Waals surface area (Å²) in [7, 11) is 3.35. The van der Waals surface area contributed by atoms with Crippen LogP contribution in [-0.2, 0) is 11.3 Å². The molecule has 2 N–H and O–H groups in total. The van der Waals surface area contributed by atoms with Crippen LogP contribution in [0.25, 0.3) is 0 Å². The third kappa shape index (κ3) is 2.96. The zero-order chi connectivity index (χ0) is 14.7. The quantitative estimate of drug-likeness (QED) is 0.883. The van der Waals surface area contributed by atoms with Crippen molar-refractivity contribution in [3.05, 3.63) is 35.9 Å². The lowest BCUT2D eigenvalue weighted by atomic mass is 10.1.